The lowest BCUT2D eigenvalue weighted by atomic mass is 10.1. The van der Waals surface area contributed by atoms with Crippen molar-refractivity contribution < 1.29 is 14.3 Å². The van der Waals surface area contributed by atoms with Crippen molar-refractivity contribution in [3.8, 4) is 5.75 Å². The third-order valence-corrected chi connectivity index (χ3v) is 3.91. The van der Waals surface area contributed by atoms with Gasteiger partial charge in [-0.3, -0.25) is 4.98 Å². The van der Waals surface area contributed by atoms with Crippen molar-refractivity contribution in [2.24, 2.45) is 0 Å². The molecule has 0 aliphatic carbocycles. The fraction of sp³-hybridized carbons (Fsp3) is 0.474. The molecule has 1 atom stereocenters. The van der Waals surface area contributed by atoms with Crippen LogP contribution in [0.2, 0.25) is 0 Å². The molecule has 3 rings (SSSR count). The van der Waals surface area contributed by atoms with Crippen LogP contribution in [-0.4, -0.2) is 40.8 Å². The number of piperidine rings is 1. The van der Waals surface area contributed by atoms with E-state index < -0.39 is 5.60 Å². The molecule has 0 saturated carbocycles. The van der Waals surface area contributed by atoms with Crippen LogP contribution in [0.3, 0.4) is 0 Å². The Morgan fingerprint density at radius 3 is 2.92 bits per heavy atom. The Balaban J connectivity index is 1.65. The van der Waals surface area contributed by atoms with Crippen LogP contribution in [0.15, 0.2) is 36.5 Å². The van der Waals surface area contributed by atoms with Gasteiger partial charge in [-0.2, -0.15) is 0 Å². The Labute approximate surface area is 142 Å². The molecule has 0 radical (unpaired) electrons. The molecular formula is C19H24N2O3. The largest absolute Gasteiger partial charge is 0.489 e. The summed E-state index contributed by atoms with van der Waals surface area (Å²) in [5.74, 6) is 0.812. The number of carbonyl (C=O) groups excluding carboxylic acids is 1. The molecule has 0 bridgehead atoms. The molecule has 0 spiro atoms. The molecule has 5 nitrogen and oxygen atoms in total. The maximum absolute atomic E-state index is 12.2. The zero-order valence-corrected chi connectivity index (χ0v) is 14.5. The number of benzene rings is 1. The zero-order chi connectivity index (χ0) is 17.2. The first-order valence-electron chi connectivity index (χ1n) is 8.40. The van der Waals surface area contributed by atoms with Crippen LogP contribution in [0.4, 0.5) is 4.79 Å². The van der Waals surface area contributed by atoms with Crippen LogP contribution in [0, 0.1) is 0 Å². The third kappa shape index (κ3) is 4.16. The molecule has 128 valence electrons. The highest BCUT2D eigenvalue weighted by Gasteiger charge is 2.28. The first-order chi connectivity index (χ1) is 11.4. The van der Waals surface area contributed by atoms with E-state index in [2.05, 4.69) is 4.98 Å². The SMILES string of the molecule is CC(C)(C)OC(=O)N1CCC[C@@H](Oc2ccc3ncccc3c2)C1. The molecular weight excluding hydrogens is 304 g/mol. The number of rotatable bonds is 2. The van der Waals surface area contributed by atoms with Crippen LogP contribution in [-0.2, 0) is 4.74 Å². The topological polar surface area (TPSA) is 51.7 Å². The minimum absolute atomic E-state index is 0.0135. The van der Waals surface area contributed by atoms with Gasteiger partial charge in [0, 0.05) is 18.1 Å². The lowest BCUT2D eigenvalue weighted by Gasteiger charge is -2.34. The smallest absolute Gasteiger partial charge is 0.410 e. The average molecular weight is 328 g/mol. The molecule has 1 aromatic carbocycles. The molecule has 1 aromatic heterocycles. The lowest BCUT2D eigenvalue weighted by Crippen LogP contribution is -2.46. The summed E-state index contributed by atoms with van der Waals surface area (Å²) in [6.45, 7) is 6.92. The van der Waals surface area contributed by atoms with Crippen LogP contribution in [0.5, 0.6) is 5.75 Å². The number of carbonyl (C=O) groups is 1. The summed E-state index contributed by atoms with van der Waals surface area (Å²) in [5.41, 5.74) is 0.472. The van der Waals surface area contributed by atoms with E-state index in [1.165, 1.54) is 0 Å². The fourth-order valence-electron chi connectivity index (χ4n) is 2.85. The van der Waals surface area contributed by atoms with Gasteiger partial charge in [0.2, 0.25) is 0 Å². The summed E-state index contributed by atoms with van der Waals surface area (Å²) >= 11 is 0. The van der Waals surface area contributed by atoms with Gasteiger partial charge in [-0.05, 0) is 57.9 Å². The Hall–Kier alpha value is -2.30. The first-order valence-corrected chi connectivity index (χ1v) is 8.40. The molecule has 5 heteroatoms. The average Bonchev–Trinajstić information content (AvgIpc) is 2.53. The highest BCUT2D eigenvalue weighted by molar-refractivity contribution is 5.79. The van der Waals surface area contributed by atoms with E-state index in [1.54, 1.807) is 11.1 Å². The molecule has 0 N–H and O–H groups in total. The molecule has 1 aliphatic heterocycles. The van der Waals surface area contributed by atoms with Crippen molar-refractivity contribution in [3.05, 3.63) is 36.5 Å². The predicted molar refractivity (Wildman–Crippen MR) is 93.2 cm³/mol. The van der Waals surface area contributed by atoms with Crippen molar-refractivity contribution in [2.75, 3.05) is 13.1 Å². The van der Waals surface area contributed by atoms with E-state index in [9.17, 15) is 4.79 Å². The van der Waals surface area contributed by atoms with E-state index in [4.69, 9.17) is 9.47 Å². The lowest BCUT2D eigenvalue weighted by molar-refractivity contribution is 0.00777. The second-order valence-electron chi connectivity index (χ2n) is 7.17. The highest BCUT2D eigenvalue weighted by Crippen LogP contribution is 2.23. The highest BCUT2D eigenvalue weighted by atomic mass is 16.6. The Bertz CT molecular complexity index is 724. The Morgan fingerprint density at radius 1 is 1.29 bits per heavy atom. The monoisotopic (exact) mass is 328 g/mol. The quantitative estimate of drug-likeness (QED) is 0.836. The Kier molecular flexibility index (Phi) is 4.60. The van der Waals surface area contributed by atoms with Gasteiger partial charge in [-0.25, -0.2) is 4.79 Å². The summed E-state index contributed by atoms with van der Waals surface area (Å²) in [4.78, 5) is 18.3. The van der Waals surface area contributed by atoms with Gasteiger partial charge >= 0.3 is 6.09 Å². The molecule has 1 aliphatic rings. The number of ether oxygens (including phenoxy) is 2. The molecule has 2 heterocycles. The van der Waals surface area contributed by atoms with Gasteiger partial charge in [0.25, 0.3) is 0 Å². The van der Waals surface area contributed by atoms with Crippen LogP contribution >= 0.6 is 0 Å². The number of amides is 1. The van der Waals surface area contributed by atoms with Gasteiger partial charge in [-0.1, -0.05) is 6.07 Å². The van der Waals surface area contributed by atoms with Crippen molar-refractivity contribution in [2.45, 2.75) is 45.3 Å². The van der Waals surface area contributed by atoms with Gasteiger partial charge in [-0.15, -0.1) is 0 Å². The fourth-order valence-corrected chi connectivity index (χ4v) is 2.85. The van der Waals surface area contributed by atoms with Crippen molar-refractivity contribution in [1.29, 1.82) is 0 Å². The van der Waals surface area contributed by atoms with Crippen molar-refractivity contribution in [3.63, 3.8) is 0 Å². The number of fused-ring (bicyclic) bond motifs is 1. The molecule has 2 aromatic rings. The van der Waals surface area contributed by atoms with Crippen molar-refractivity contribution in [1.82, 2.24) is 9.88 Å². The second-order valence-corrected chi connectivity index (χ2v) is 7.17. The standard InChI is InChI=1S/C19H24N2O3/c1-19(2,3)24-18(22)21-11-5-7-16(13-21)23-15-8-9-17-14(12-15)6-4-10-20-17/h4,6,8-10,12,16H,5,7,11,13H2,1-3H3/t16-/m1/s1. The Morgan fingerprint density at radius 2 is 2.12 bits per heavy atom. The summed E-state index contributed by atoms with van der Waals surface area (Å²) in [5, 5.41) is 1.05. The van der Waals surface area contributed by atoms with E-state index in [0.29, 0.717) is 6.54 Å². The molecule has 1 amide bonds. The maximum Gasteiger partial charge on any atom is 0.410 e. The number of hydrogen-bond donors (Lipinski definition) is 0. The molecule has 1 fully saturated rings. The van der Waals surface area contributed by atoms with Gasteiger partial charge in [0.1, 0.15) is 17.5 Å². The third-order valence-electron chi connectivity index (χ3n) is 3.91. The van der Waals surface area contributed by atoms with E-state index in [1.807, 2.05) is 51.1 Å². The molecule has 1 saturated heterocycles. The van der Waals surface area contributed by atoms with Gasteiger partial charge < -0.3 is 14.4 Å². The summed E-state index contributed by atoms with van der Waals surface area (Å²) in [7, 11) is 0. The van der Waals surface area contributed by atoms with E-state index in [-0.39, 0.29) is 12.2 Å². The number of hydrogen-bond acceptors (Lipinski definition) is 4. The minimum atomic E-state index is -0.476. The second kappa shape index (κ2) is 6.67. The summed E-state index contributed by atoms with van der Waals surface area (Å²) < 4.78 is 11.6. The van der Waals surface area contributed by atoms with E-state index in [0.717, 1.165) is 36.0 Å². The molecule has 0 unspecified atom stereocenters. The number of aromatic nitrogens is 1. The van der Waals surface area contributed by atoms with Gasteiger partial charge in [0.05, 0.1) is 12.1 Å². The number of pyridine rings is 1. The summed E-state index contributed by atoms with van der Waals surface area (Å²) in [6, 6.07) is 9.82. The predicted octanol–water partition coefficient (Wildman–Crippen LogP) is 4.01. The van der Waals surface area contributed by atoms with Crippen LogP contribution in [0.1, 0.15) is 33.6 Å². The van der Waals surface area contributed by atoms with Crippen molar-refractivity contribution >= 4 is 17.0 Å². The minimum Gasteiger partial charge on any atom is -0.489 e. The maximum atomic E-state index is 12.2. The first kappa shape index (κ1) is 16.6. The van der Waals surface area contributed by atoms with E-state index >= 15 is 0 Å². The zero-order valence-electron chi connectivity index (χ0n) is 14.5. The number of likely N-dealkylation sites (tertiary alicyclic amines) is 1. The van der Waals surface area contributed by atoms with Gasteiger partial charge in [0.15, 0.2) is 0 Å². The normalized spacial score (nSPS) is 18.5. The molecule has 24 heavy (non-hydrogen) atoms. The summed E-state index contributed by atoms with van der Waals surface area (Å²) in [6.07, 6.45) is 3.35. The van der Waals surface area contributed by atoms with Crippen LogP contribution in [0.25, 0.3) is 10.9 Å². The number of nitrogens with zero attached hydrogens (tertiary/aromatic N) is 2. The van der Waals surface area contributed by atoms with Crippen LogP contribution < -0.4 is 4.74 Å².